The van der Waals surface area contributed by atoms with Crippen molar-refractivity contribution >= 4 is 0 Å². The maximum Gasteiger partial charge on any atom is 0.527 e. The van der Waals surface area contributed by atoms with Crippen LogP contribution in [0.15, 0.2) is 0 Å². The van der Waals surface area contributed by atoms with Gasteiger partial charge in [0, 0.05) is 0 Å². The summed E-state index contributed by atoms with van der Waals surface area (Å²) in [4.78, 5) is 0. The van der Waals surface area contributed by atoms with Crippen molar-refractivity contribution in [1.29, 1.82) is 0 Å². The Morgan fingerprint density at radius 2 is 0.615 bits per heavy atom. The maximum absolute atomic E-state index is 12.7. The topological polar surface area (TPSA) is 47.9 Å². The van der Waals surface area contributed by atoms with Crippen LogP contribution >= 0.6 is 0 Å². The minimum absolute atomic E-state index is 1.37. The standard InChI is InChI=1S/C7HF15O4/c8-1(9,23)2(10,11)24-3(12,13)4(14,15)25-5(16,17)6(18,19)26-7(20,21)22/h23H. The molecule has 4 nitrogen and oxygen atoms in total. The van der Waals surface area contributed by atoms with Crippen LogP contribution in [-0.4, -0.2) is 48.1 Å². The van der Waals surface area contributed by atoms with Gasteiger partial charge in [-0.25, -0.2) is 14.2 Å². The lowest BCUT2D eigenvalue weighted by Gasteiger charge is -2.33. The van der Waals surface area contributed by atoms with Gasteiger partial charge in [-0.1, -0.05) is 0 Å². The molecule has 0 spiro atoms. The second kappa shape index (κ2) is 6.44. The molecule has 0 heterocycles. The van der Waals surface area contributed by atoms with Crippen LogP contribution in [0.4, 0.5) is 65.9 Å². The SMILES string of the molecule is OC(F)(F)C(F)(F)OC(F)(F)C(F)(F)OC(F)(F)C(F)(F)OC(F)(F)F. The number of rotatable bonds is 8. The van der Waals surface area contributed by atoms with Crippen molar-refractivity contribution in [2.75, 3.05) is 0 Å². The molecule has 0 rings (SSSR count). The first kappa shape index (κ1) is 24.8. The average Bonchev–Trinajstić information content (AvgIpc) is 2.19. The Hall–Kier alpha value is -1.21. The van der Waals surface area contributed by atoms with Gasteiger partial charge in [0.15, 0.2) is 0 Å². The average molecular weight is 434 g/mol. The van der Waals surface area contributed by atoms with Gasteiger partial charge < -0.3 is 5.11 Å². The van der Waals surface area contributed by atoms with Crippen molar-refractivity contribution in [3.63, 3.8) is 0 Å². The second-order valence-electron chi connectivity index (χ2n) is 3.88. The Kier molecular flexibility index (Phi) is 6.14. The first-order valence-corrected chi connectivity index (χ1v) is 5.03. The molecule has 0 aliphatic heterocycles. The van der Waals surface area contributed by atoms with E-state index < -0.39 is 43.0 Å². The van der Waals surface area contributed by atoms with Crippen LogP contribution in [-0.2, 0) is 14.2 Å². The van der Waals surface area contributed by atoms with E-state index in [4.69, 9.17) is 5.11 Å². The van der Waals surface area contributed by atoms with E-state index in [1.807, 2.05) is 0 Å². The van der Waals surface area contributed by atoms with Crippen LogP contribution in [0, 0.1) is 0 Å². The molecule has 0 atom stereocenters. The summed E-state index contributed by atoms with van der Waals surface area (Å²) in [5.74, 6) is 0. The number of aliphatic hydroxyl groups is 1. The lowest BCUT2D eigenvalue weighted by molar-refractivity contribution is -0.574. The maximum atomic E-state index is 12.7. The first-order valence-electron chi connectivity index (χ1n) is 5.03. The van der Waals surface area contributed by atoms with Crippen molar-refractivity contribution in [3.8, 4) is 0 Å². The molecule has 0 aliphatic rings. The molecule has 0 unspecified atom stereocenters. The predicted molar refractivity (Wildman–Crippen MR) is 41.2 cm³/mol. The zero-order valence-corrected chi connectivity index (χ0v) is 10.8. The van der Waals surface area contributed by atoms with Gasteiger partial charge in [-0.3, -0.25) is 0 Å². The Morgan fingerprint density at radius 3 is 0.846 bits per heavy atom. The zero-order chi connectivity index (χ0) is 21.6. The highest BCUT2D eigenvalue weighted by atomic mass is 19.4. The van der Waals surface area contributed by atoms with Crippen molar-refractivity contribution in [1.82, 2.24) is 0 Å². The minimum atomic E-state index is -7.37. The third-order valence-electron chi connectivity index (χ3n) is 1.78. The van der Waals surface area contributed by atoms with Gasteiger partial charge in [0.1, 0.15) is 0 Å². The largest absolute Gasteiger partial charge is 0.527 e. The van der Waals surface area contributed by atoms with Gasteiger partial charge in [-0.05, 0) is 0 Å². The highest BCUT2D eigenvalue weighted by Gasteiger charge is 2.76. The summed E-state index contributed by atoms with van der Waals surface area (Å²) >= 11 is 0. The number of hydrogen-bond acceptors (Lipinski definition) is 4. The lowest BCUT2D eigenvalue weighted by atomic mass is 10.5. The smallest absolute Gasteiger partial charge is 0.329 e. The Bertz CT molecular complexity index is 491. The highest BCUT2D eigenvalue weighted by Crippen LogP contribution is 2.49. The molecule has 0 aromatic rings. The Labute approximate surface area is 130 Å². The normalized spacial score (nSPS) is 16.2. The molecular weight excluding hydrogens is 433 g/mol. The van der Waals surface area contributed by atoms with Gasteiger partial charge >= 0.3 is 43.0 Å². The summed E-state index contributed by atoms with van der Waals surface area (Å²) in [7, 11) is 0. The molecule has 0 aromatic heterocycles. The van der Waals surface area contributed by atoms with Crippen molar-refractivity contribution in [3.05, 3.63) is 0 Å². The van der Waals surface area contributed by atoms with Crippen LogP contribution in [0.1, 0.15) is 0 Å². The van der Waals surface area contributed by atoms with Crippen molar-refractivity contribution in [2.45, 2.75) is 43.0 Å². The van der Waals surface area contributed by atoms with Gasteiger partial charge in [0.2, 0.25) is 0 Å². The van der Waals surface area contributed by atoms with Crippen molar-refractivity contribution in [2.24, 2.45) is 0 Å². The van der Waals surface area contributed by atoms with E-state index in [1.165, 1.54) is 14.2 Å². The van der Waals surface area contributed by atoms with E-state index in [2.05, 4.69) is 0 Å². The Morgan fingerprint density at radius 1 is 0.385 bits per heavy atom. The molecule has 158 valence electrons. The Balaban J connectivity index is 5.62. The summed E-state index contributed by atoms with van der Waals surface area (Å²) in [6.07, 6.45) is -49.3. The van der Waals surface area contributed by atoms with E-state index >= 15 is 0 Å². The van der Waals surface area contributed by atoms with Crippen LogP contribution in [0.5, 0.6) is 0 Å². The van der Waals surface area contributed by atoms with Gasteiger partial charge in [-0.2, -0.15) is 52.7 Å². The number of hydrogen-bond donors (Lipinski definition) is 1. The second-order valence-corrected chi connectivity index (χ2v) is 3.88. The minimum Gasteiger partial charge on any atom is -0.329 e. The van der Waals surface area contributed by atoms with Crippen LogP contribution in [0.3, 0.4) is 0 Å². The molecule has 0 aliphatic carbocycles. The van der Waals surface area contributed by atoms with E-state index in [-0.39, 0.29) is 0 Å². The summed E-state index contributed by atoms with van der Waals surface area (Å²) in [6, 6.07) is 0. The quantitative estimate of drug-likeness (QED) is 0.585. The summed E-state index contributed by atoms with van der Waals surface area (Å²) in [6.45, 7) is 0. The molecule has 1 N–H and O–H groups in total. The van der Waals surface area contributed by atoms with Gasteiger partial charge in [0.05, 0.1) is 0 Å². The molecule has 0 saturated heterocycles. The van der Waals surface area contributed by atoms with E-state index in [0.29, 0.717) is 0 Å². The third kappa shape index (κ3) is 5.64. The van der Waals surface area contributed by atoms with Crippen LogP contribution in [0.2, 0.25) is 0 Å². The molecule has 0 amide bonds. The lowest BCUT2D eigenvalue weighted by Crippen LogP contribution is -2.59. The number of alkyl halides is 15. The summed E-state index contributed by atoms with van der Waals surface area (Å²) < 4.78 is 187. The van der Waals surface area contributed by atoms with Crippen LogP contribution in [0.25, 0.3) is 0 Å². The van der Waals surface area contributed by atoms with Crippen molar-refractivity contribution < 1.29 is 85.2 Å². The van der Waals surface area contributed by atoms with E-state index in [0.717, 1.165) is 0 Å². The summed E-state index contributed by atoms with van der Waals surface area (Å²) in [5, 5.41) is 7.42. The molecule has 19 heteroatoms. The molecule has 0 bridgehead atoms. The predicted octanol–water partition coefficient (Wildman–Crippen LogP) is 4.11. The monoisotopic (exact) mass is 434 g/mol. The molecule has 0 saturated carbocycles. The molecule has 0 aromatic carbocycles. The van der Waals surface area contributed by atoms with Crippen LogP contribution < -0.4 is 0 Å². The third-order valence-corrected chi connectivity index (χ3v) is 1.78. The summed E-state index contributed by atoms with van der Waals surface area (Å²) in [5.41, 5.74) is 0. The molecular formula is C7HF15O4. The number of ether oxygens (including phenoxy) is 3. The fraction of sp³-hybridized carbons (Fsp3) is 1.00. The fourth-order valence-electron chi connectivity index (χ4n) is 0.766. The van der Waals surface area contributed by atoms with Gasteiger partial charge in [0.25, 0.3) is 0 Å². The first-order chi connectivity index (χ1) is 10.9. The zero-order valence-electron chi connectivity index (χ0n) is 10.8. The fourth-order valence-corrected chi connectivity index (χ4v) is 0.766. The highest BCUT2D eigenvalue weighted by molar-refractivity contribution is 4.77. The van der Waals surface area contributed by atoms with Gasteiger partial charge in [-0.15, -0.1) is 13.2 Å². The molecule has 0 radical (unpaired) electrons. The molecule has 0 fully saturated rings. The van der Waals surface area contributed by atoms with E-state index in [1.54, 1.807) is 0 Å². The van der Waals surface area contributed by atoms with E-state index in [9.17, 15) is 65.9 Å². The number of halogens is 15. The molecule has 26 heavy (non-hydrogen) atoms.